The number of carboxylic acid groups (broad SMARTS) is 1. The van der Waals surface area contributed by atoms with Crippen molar-refractivity contribution in [3.05, 3.63) is 83.4 Å². The molecule has 0 heterocycles. The van der Waals surface area contributed by atoms with Crippen LogP contribution in [0, 0.1) is 5.41 Å². The summed E-state index contributed by atoms with van der Waals surface area (Å²) in [5.74, 6) is -0.461. The Kier molecular flexibility index (Phi) is 5.08. The Morgan fingerprint density at radius 1 is 0.963 bits per heavy atom. The summed E-state index contributed by atoms with van der Waals surface area (Å²) in [5, 5.41) is 17.0. The molecule has 0 fully saturated rings. The molecule has 0 aliphatic carbocycles. The lowest BCUT2D eigenvalue weighted by Crippen LogP contribution is -2.10. The van der Waals surface area contributed by atoms with Gasteiger partial charge in [-0.05, 0) is 53.1 Å². The van der Waals surface area contributed by atoms with E-state index < -0.39 is 5.97 Å². The fraction of sp³-hybridized carbons (Fsp3) is 0.0476. The highest BCUT2D eigenvalue weighted by atomic mass is 16.5. The molecule has 3 aromatic rings. The standard InChI is InChI=1S/C21H19N3O3/c22-18-5-2-6-19(11-18)27-12-13-7-16(10-17(8-13)21(25)26)14-3-1-4-15(9-14)20(23)24/h1-11H,12,22H2,(H3,23,24)(H,25,26). The summed E-state index contributed by atoms with van der Waals surface area (Å²) in [6.07, 6.45) is 0. The third kappa shape index (κ3) is 4.43. The van der Waals surface area contributed by atoms with Gasteiger partial charge in [-0.3, -0.25) is 5.41 Å². The van der Waals surface area contributed by atoms with Crippen LogP contribution in [0.2, 0.25) is 0 Å². The molecule has 0 unspecified atom stereocenters. The van der Waals surface area contributed by atoms with Crippen LogP contribution in [0.5, 0.6) is 5.75 Å². The maximum Gasteiger partial charge on any atom is 0.335 e. The molecule has 0 radical (unpaired) electrons. The van der Waals surface area contributed by atoms with Crippen molar-refractivity contribution >= 4 is 17.5 Å². The van der Waals surface area contributed by atoms with Crippen molar-refractivity contribution in [1.82, 2.24) is 0 Å². The summed E-state index contributed by atoms with van der Waals surface area (Å²) in [6, 6.07) is 19.2. The molecular formula is C21H19N3O3. The van der Waals surface area contributed by atoms with Crippen molar-refractivity contribution in [2.75, 3.05) is 5.73 Å². The van der Waals surface area contributed by atoms with E-state index >= 15 is 0 Å². The van der Waals surface area contributed by atoms with Crippen molar-refractivity contribution in [3.63, 3.8) is 0 Å². The Morgan fingerprint density at radius 2 is 1.70 bits per heavy atom. The van der Waals surface area contributed by atoms with E-state index in [4.69, 9.17) is 21.6 Å². The summed E-state index contributed by atoms with van der Waals surface area (Å²) in [7, 11) is 0. The monoisotopic (exact) mass is 361 g/mol. The first-order valence-electron chi connectivity index (χ1n) is 8.23. The molecule has 136 valence electrons. The normalized spacial score (nSPS) is 10.4. The van der Waals surface area contributed by atoms with E-state index in [2.05, 4.69) is 0 Å². The molecule has 0 saturated heterocycles. The van der Waals surface area contributed by atoms with Gasteiger partial charge >= 0.3 is 5.97 Å². The molecule has 0 amide bonds. The molecule has 0 saturated carbocycles. The number of amidine groups is 1. The van der Waals surface area contributed by atoms with Gasteiger partial charge in [0.1, 0.15) is 18.2 Å². The second kappa shape index (κ2) is 7.61. The number of nitrogen functional groups attached to an aromatic ring is 2. The first-order chi connectivity index (χ1) is 12.9. The van der Waals surface area contributed by atoms with Gasteiger partial charge in [-0.15, -0.1) is 0 Å². The second-order valence-electron chi connectivity index (χ2n) is 6.08. The van der Waals surface area contributed by atoms with E-state index in [1.807, 2.05) is 12.1 Å². The zero-order valence-electron chi connectivity index (χ0n) is 14.5. The zero-order valence-corrected chi connectivity index (χ0v) is 14.5. The van der Waals surface area contributed by atoms with Crippen molar-refractivity contribution in [2.24, 2.45) is 5.73 Å². The molecule has 3 rings (SSSR count). The number of nitrogens with two attached hydrogens (primary N) is 2. The predicted molar refractivity (Wildman–Crippen MR) is 105 cm³/mol. The van der Waals surface area contributed by atoms with Crippen molar-refractivity contribution in [3.8, 4) is 16.9 Å². The zero-order chi connectivity index (χ0) is 19.4. The van der Waals surface area contributed by atoms with Crippen LogP contribution < -0.4 is 16.2 Å². The van der Waals surface area contributed by atoms with Crippen LogP contribution in [-0.4, -0.2) is 16.9 Å². The molecule has 0 aliphatic rings. The lowest BCUT2D eigenvalue weighted by atomic mass is 9.98. The SMILES string of the molecule is N=C(N)c1cccc(-c2cc(COc3cccc(N)c3)cc(C(=O)O)c2)c1. The summed E-state index contributed by atoms with van der Waals surface area (Å²) in [6.45, 7) is 0.198. The van der Waals surface area contributed by atoms with Gasteiger partial charge < -0.3 is 21.3 Å². The van der Waals surface area contributed by atoms with E-state index in [-0.39, 0.29) is 18.0 Å². The topological polar surface area (TPSA) is 122 Å². The first-order valence-corrected chi connectivity index (χ1v) is 8.23. The average molecular weight is 361 g/mol. The third-order valence-corrected chi connectivity index (χ3v) is 4.01. The van der Waals surface area contributed by atoms with Crippen molar-refractivity contribution in [2.45, 2.75) is 6.61 Å². The summed E-state index contributed by atoms with van der Waals surface area (Å²) in [4.78, 5) is 11.5. The van der Waals surface area contributed by atoms with Crippen LogP contribution in [0.4, 0.5) is 5.69 Å². The van der Waals surface area contributed by atoms with Crippen LogP contribution in [0.3, 0.4) is 0 Å². The van der Waals surface area contributed by atoms with Crippen LogP contribution in [0.15, 0.2) is 66.7 Å². The minimum absolute atomic E-state index is 0.0449. The third-order valence-electron chi connectivity index (χ3n) is 4.01. The molecule has 0 bridgehead atoms. The second-order valence-corrected chi connectivity index (χ2v) is 6.08. The molecule has 27 heavy (non-hydrogen) atoms. The van der Waals surface area contributed by atoms with Gasteiger partial charge in [0.2, 0.25) is 0 Å². The minimum Gasteiger partial charge on any atom is -0.489 e. The van der Waals surface area contributed by atoms with E-state index in [0.717, 1.165) is 5.56 Å². The average Bonchev–Trinajstić information content (AvgIpc) is 2.66. The number of carbonyl (C=O) groups is 1. The number of anilines is 1. The van der Waals surface area contributed by atoms with Gasteiger partial charge in [-0.25, -0.2) is 4.79 Å². The summed E-state index contributed by atoms with van der Waals surface area (Å²) in [5.41, 5.74) is 14.8. The van der Waals surface area contributed by atoms with E-state index in [0.29, 0.717) is 28.1 Å². The van der Waals surface area contributed by atoms with Crippen LogP contribution in [0.1, 0.15) is 21.5 Å². The molecular weight excluding hydrogens is 342 g/mol. The van der Waals surface area contributed by atoms with Gasteiger partial charge in [0.05, 0.1) is 5.56 Å². The minimum atomic E-state index is -1.02. The largest absolute Gasteiger partial charge is 0.489 e. The van der Waals surface area contributed by atoms with E-state index in [1.165, 1.54) is 0 Å². The number of aromatic carboxylic acids is 1. The molecule has 0 aromatic heterocycles. The summed E-state index contributed by atoms with van der Waals surface area (Å²) >= 11 is 0. The van der Waals surface area contributed by atoms with Gasteiger partial charge in [-0.1, -0.05) is 24.3 Å². The van der Waals surface area contributed by atoms with Crippen LogP contribution in [0.25, 0.3) is 11.1 Å². The highest BCUT2D eigenvalue weighted by molar-refractivity contribution is 5.96. The van der Waals surface area contributed by atoms with Crippen LogP contribution in [-0.2, 0) is 6.61 Å². The van der Waals surface area contributed by atoms with Gasteiger partial charge in [0, 0.05) is 17.3 Å². The maximum absolute atomic E-state index is 11.5. The number of nitrogens with one attached hydrogen (secondary N) is 1. The van der Waals surface area contributed by atoms with Gasteiger partial charge in [-0.2, -0.15) is 0 Å². The molecule has 3 aromatic carbocycles. The Bertz CT molecular complexity index is 1020. The fourth-order valence-corrected chi connectivity index (χ4v) is 2.70. The Morgan fingerprint density at radius 3 is 2.41 bits per heavy atom. The lowest BCUT2D eigenvalue weighted by Gasteiger charge is -2.11. The van der Waals surface area contributed by atoms with Crippen molar-refractivity contribution < 1.29 is 14.6 Å². The Labute approximate surface area is 156 Å². The van der Waals surface area contributed by atoms with E-state index in [1.54, 1.807) is 54.6 Å². The smallest absolute Gasteiger partial charge is 0.335 e. The fourth-order valence-electron chi connectivity index (χ4n) is 2.70. The molecule has 6 heteroatoms. The lowest BCUT2D eigenvalue weighted by molar-refractivity contribution is 0.0696. The molecule has 0 aliphatic heterocycles. The van der Waals surface area contributed by atoms with Crippen LogP contribution >= 0.6 is 0 Å². The van der Waals surface area contributed by atoms with Gasteiger partial charge in [0.25, 0.3) is 0 Å². The highest BCUT2D eigenvalue weighted by Crippen LogP contribution is 2.25. The highest BCUT2D eigenvalue weighted by Gasteiger charge is 2.10. The maximum atomic E-state index is 11.5. The first kappa shape index (κ1) is 18.0. The number of ether oxygens (including phenoxy) is 1. The predicted octanol–water partition coefficient (Wildman–Crippen LogP) is 3.50. The number of hydrogen-bond acceptors (Lipinski definition) is 4. The quantitative estimate of drug-likeness (QED) is 0.304. The molecule has 0 atom stereocenters. The molecule has 6 nitrogen and oxygen atoms in total. The van der Waals surface area contributed by atoms with Gasteiger partial charge in [0.15, 0.2) is 0 Å². The Hall–Kier alpha value is -3.80. The summed E-state index contributed by atoms with van der Waals surface area (Å²) < 4.78 is 5.73. The number of hydrogen-bond donors (Lipinski definition) is 4. The number of benzene rings is 3. The molecule has 6 N–H and O–H groups in total. The molecule has 0 spiro atoms. The number of rotatable bonds is 6. The van der Waals surface area contributed by atoms with Crippen molar-refractivity contribution in [1.29, 1.82) is 5.41 Å². The Balaban J connectivity index is 1.94. The van der Waals surface area contributed by atoms with E-state index in [9.17, 15) is 9.90 Å². The number of carboxylic acids is 1.